The Morgan fingerprint density at radius 2 is 1.73 bits per heavy atom. The van der Waals surface area contributed by atoms with E-state index in [4.69, 9.17) is 4.74 Å². The molecule has 0 saturated heterocycles. The van der Waals surface area contributed by atoms with Crippen LogP contribution in [0.5, 0.6) is 0 Å². The van der Waals surface area contributed by atoms with Crippen LogP contribution < -0.4 is 0 Å². The van der Waals surface area contributed by atoms with E-state index in [0.717, 1.165) is 6.26 Å². The number of methoxy groups -OCH3 is 1. The van der Waals surface area contributed by atoms with Crippen LogP contribution >= 0.6 is 0 Å². The van der Waals surface area contributed by atoms with E-state index in [2.05, 4.69) is 0 Å². The average molecular weight is 378 g/mol. The van der Waals surface area contributed by atoms with Crippen LogP contribution in [-0.4, -0.2) is 39.1 Å². The molecule has 2 aliphatic carbocycles. The van der Waals surface area contributed by atoms with Gasteiger partial charge in [0.2, 0.25) is 0 Å². The number of sulfone groups is 1. The Bertz CT molecular complexity index is 877. The van der Waals surface area contributed by atoms with Crippen LogP contribution in [0.4, 0.5) is 0 Å². The third kappa shape index (κ3) is 3.03. The summed E-state index contributed by atoms with van der Waals surface area (Å²) in [6, 6.07) is 2.76. The second-order valence-corrected chi connectivity index (χ2v) is 9.21. The number of carbonyl (C=O) groups excluding carboxylic acids is 3. The topological polar surface area (TPSA) is 94.6 Å². The molecule has 26 heavy (non-hydrogen) atoms. The van der Waals surface area contributed by atoms with Gasteiger partial charge in [-0.1, -0.05) is 0 Å². The van der Waals surface area contributed by atoms with Crippen molar-refractivity contribution in [1.82, 2.24) is 0 Å². The molecule has 2 aliphatic rings. The van der Waals surface area contributed by atoms with Crippen molar-refractivity contribution in [3.05, 3.63) is 28.8 Å². The molecule has 7 heteroatoms. The highest BCUT2D eigenvalue weighted by Gasteiger charge is 2.50. The highest BCUT2D eigenvalue weighted by atomic mass is 32.2. The molecule has 140 valence electrons. The van der Waals surface area contributed by atoms with Crippen LogP contribution in [0.15, 0.2) is 17.0 Å². The Morgan fingerprint density at radius 1 is 1.15 bits per heavy atom. The second-order valence-electron chi connectivity index (χ2n) is 7.23. The average Bonchev–Trinajstić information content (AvgIpc) is 3.01. The number of rotatable bonds is 5. The number of hydrogen-bond acceptors (Lipinski definition) is 6. The standard InChI is InChI=1S/C19H22O6S/c1-10-13(6-7-15(26(3,23)24)14(10)9-25-2)19(22)16-17(20)11-4-5-12(8-11)18(16)21/h6-7,11-12,16H,4-5,8-9H2,1-3H3. The van der Waals surface area contributed by atoms with E-state index in [9.17, 15) is 22.8 Å². The van der Waals surface area contributed by atoms with Crippen LogP contribution in [0.1, 0.15) is 40.7 Å². The lowest BCUT2D eigenvalue weighted by atomic mass is 9.75. The van der Waals surface area contributed by atoms with Gasteiger partial charge in [-0.05, 0) is 49.4 Å². The van der Waals surface area contributed by atoms with Gasteiger partial charge < -0.3 is 4.74 Å². The number of carbonyl (C=O) groups is 3. The highest BCUT2D eigenvalue weighted by molar-refractivity contribution is 7.90. The van der Waals surface area contributed by atoms with E-state index < -0.39 is 21.5 Å². The zero-order valence-electron chi connectivity index (χ0n) is 15.1. The van der Waals surface area contributed by atoms with Gasteiger partial charge in [-0.25, -0.2) is 8.42 Å². The minimum absolute atomic E-state index is 0.0210. The van der Waals surface area contributed by atoms with Gasteiger partial charge in [-0.2, -0.15) is 0 Å². The fourth-order valence-electron chi connectivity index (χ4n) is 4.19. The fraction of sp³-hybridized carbons (Fsp3) is 0.526. The Kier molecular flexibility index (Phi) is 4.88. The van der Waals surface area contributed by atoms with Gasteiger partial charge >= 0.3 is 0 Å². The maximum Gasteiger partial charge on any atom is 0.181 e. The quantitative estimate of drug-likeness (QED) is 0.574. The third-order valence-electron chi connectivity index (χ3n) is 5.58. The summed E-state index contributed by atoms with van der Waals surface area (Å²) >= 11 is 0. The van der Waals surface area contributed by atoms with Gasteiger partial charge in [0, 0.05) is 30.8 Å². The molecule has 2 saturated carbocycles. The molecule has 0 N–H and O–H groups in total. The Balaban J connectivity index is 2.06. The van der Waals surface area contributed by atoms with Gasteiger partial charge in [0.1, 0.15) is 5.92 Å². The van der Waals surface area contributed by atoms with Crippen molar-refractivity contribution in [1.29, 1.82) is 0 Å². The van der Waals surface area contributed by atoms with E-state index in [-0.39, 0.29) is 40.5 Å². The number of ether oxygens (including phenoxy) is 1. The van der Waals surface area contributed by atoms with Gasteiger partial charge in [0.25, 0.3) is 0 Å². The summed E-state index contributed by atoms with van der Waals surface area (Å²) in [4.78, 5) is 38.3. The minimum Gasteiger partial charge on any atom is -0.380 e. The highest BCUT2D eigenvalue weighted by Crippen LogP contribution is 2.41. The number of ketones is 3. The zero-order chi connectivity index (χ0) is 19.2. The van der Waals surface area contributed by atoms with E-state index in [1.807, 2.05) is 0 Å². The number of Topliss-reactive ketones (excluding diaryl/α,β-unsaturated/α-hetero) is 3. The molecule has 0 aliphatic heterocycles. The molecule has 2 atom stereocenters. The van der Waals surface area contributed by atoms with Gasteiger partial charge in [0.15, 0.2) is 27.2 Å². The molecule has 3 rings (SSSR count). The largest absolute Gasteiger partial charge is 0.380 e. The first kappa shape index (κ1) is 18.9. The van der Waals surface area contributed by atoms with Crippen LogP contribution in [0.2, 0.25) is 0 Å². The van der Waals surface area contributed by atoms with Crippen LogP contribution in [0, 0.1) is 24.7 Å². The summed E-state index contributed by atoms with van der Waals surface area (Å²) in [5.41, 5.74) is 1.05. The van der Waals surface area contributed by atoms with Crippen molar-refractivity contribution < 1.29 is 27.5 Å². The summed E-state index contributed by atoms with van der Waals surface area (Å²) in [5, 5.41) is 0. The van der Waals surface area contributed by atoms with E-state index in [0.29, 0.717) is 30.4 Å². The lowest BCUT2D eigenvalue weighted by molar-refractivity contribution is -0.137. The maximum atomic E-state index is 13.0. The van der Waals surface area contributed by atoms with Gasteiger partial charge in [0.05, 0.1) is 11.5 Å². The normalized spacial score (nSPS) is 25.6. The molecule has 2 bridgehead atoms. The van der Waals surface area contributed by atoms with E-state index >= 15 is 0 Å². The predicted molar refractivity (Wildman–Crippen MR) is 93.7 cm³/mol. The minimum atomic E-state index is -3.50. The summed E-state index contributed by atoms with van der Waals surface area (Å²) in [5.74, 6) is -2.76. The monoisotopic (exact) mass is 378 g/mol. The van der Waals surface area contributed by atoms with Crippen molar-refractivity contribution in [2.75, 3.05) is 13.4 Å². The second kappa shape index (κ2) is 6.70. The van der Waals surface area contributed by atoms with Gasteiger partial charge in [-0.15, -0.1) is 0 Å². The molecule has 0 spiro atoms. The summed E-state index contributed by atoms with van der Waals surface area (Å²) in [6.45, 7) is 1.65. The summed E-state index contributed by atoms with van der Waals surface area (Å²) in [6.07, 6.45) is 2.98. The SMILES string of the molecule is COCc1c(S(C)(=O)=O)ccc(C(=O)C2C(=O)C3CCC(C3)C2=O)c1C. The van der Waals surface area contributed by atoms with E-state index in [1.54, 1.807) is 6.92 Å². The summed E-state index contributed by atoms with van der Waals surface area (Å²) in [7, 11) is -2.06. The maximum absolute atomic E-state index is 13.0. The molecule has 0 aromatic heterocycles. The molecule has 2 fully saturated rings. The molecule has 0 radical (unpaired) electrons. The van der Waals surface area contributed by atoms with Crippen molar-refractivity contribution in [3.8, 4) is 0 Å². The lowest BCUT2D eigenvalue weighted by Crippen LogP contribution is -2.41. The molecule has 2 unspecified atom stereocenters. The molecular formula is C19H22O6S. The smallest absolute Gasteiger partial charge is 0.181 e. The van der Waals surface area contributed by atoms with Crippen molar-refractivity contribution >= 4 is 27.2 Å². The molecule has 1 aromatic rings. The Morgan fingerprint density at radius 3 is 2.23 bits per heavy atom. The first-order chi connectivity index (χ1) is 12.2. The molecule has 6 nitrogen and oxygen atoms in total. The van der Waals surface area contributed by atoms with Crippen LogP contribution in [-0.2, 0) is 30.8 Å². The number of fused-ring (bicyclic) bond motifs is 2. The molecule has 0 heterocycles. The molecular weight excluding hydrogens is 356 g/mol. The summed E-state index contributed by atoms with van der Waals surface area (Å²) < 4.78 is 29.1. The first-order valence-electron chi connectivity index (χ1n) is 8.60. The molecule has 0 amide bonds. The Labute approximate surface area is 152 Å². The number of benzene rings is 1. The van der Waals surface area contributed by atoms with E-state index in [1.165, 1.54) is 19.2 Å². The first-order valence-corrected chi connectivity index (χ1v) is 10.5. The zero-order valence-corrected chi connectivity index (χ0v) is 15.9. The Hall–Kier alpha value is -1.86. The van der Waals surface area contributed by atoms with Crippen molar-refractivity contribution in [2.45, 2.75) is 37.7 Å². The van der Waals surface area contributed by atoms with Gasteiger partial charge in [-0.3, -0.25) is 14.4 Å². The molecule has 1 aromatic carbocycles. The van der Waals surface area contributed by atoms with Crippen molar-refractivity contribution in [2.24, 2.45) is 17.8 Å². The van der Waals surface area contributed by atoms with Crippen molar-refractivity contribution in [3.63, 3.8) is 0 Å². The predicted octanol–water partition coefficient (Wildman–Crippen LogP) is 1.91. The third-order valence-corrected chi connectivity index (χ3v) is 6.76. The lowest BCUT2D eigenvalue weighted by Gasteiger charge is -2.25. The number of hydrogen-bond donors (Lipinski definition) is 0. The van der Waals surface area contributed by atoms with Crippen LogP contribution in [0.3, 0.4) is 0 Å². The van der Waals surface area contributed by atoms with Crippen LogP contribution in [0.25, 0.3) is 0 Å². The fourth-order valence-corrected chi connectivity index (χ4v) is 5.17.